The first-order valence-electron chi connectivity index (χ1n) is 9.75. The molecule has 1 fully saturated rings. The van der Waals surface area contributed by atoms with Gasteiger partial charge in [-0.1, -0.05) is 42.1 Å². The van der Waals surface area contributed by atoms with Gasteiger partial charge in [0.15, 0.2) is 0 Å². The van der Waals surface area contributed by atoms with E-state index in [9.17, 15) is 17.6 Å². The second-order valence-electron chi connectivity index (χ2n) is 7.22. The Morgan fingerprint density at radius 3 is 2.23 bits per heavy atom. The molecule has 0 aliphatic carbocycles. The molecule has 1 aliphatic rings. The molecule has 30 heavy (non-hydrogen) atoms. The van der Waals surface area contributed by atoms with Crippen LogP contribution in [0.25, 0.3) is 0 Å². The van der Waals surface area contributed by atoms with Gasteiger partial charge in [0.05, 0.1) is 11.4 Å². The van der Waals surface area contributed by atoms with Crippen LogP contribution in [0.2, 0.25) is 10.0 Å². The lowest BCUT2D eigenvalue weighted by atomic mass is 10.2. The van der Waals surface area contributed by atoms with Gasteiger partial charge < -0.3 is 4.90 Å². The Kier molecular flexibility index (Phi) is 7.74. The average molecular weight is 473 g/mol. The van der Waals surface area contributed by atoms with Crippen molar-refractivity contribution in [3.63, 3.8) is 0 Å². The van der Waals surface area contributed by atoms with Crippen molar-refractivity contribution in [2.45, 2.75) is 37.1 Å². The Morgan fingerprint density at radius 1 is 1.00 bits per heavy atom. The summed E-state index contributed by atoms with van der Waals surface area (Å²) in [6.07, 6.45) is 3.85. The van der Waals surface area contributed by atoms with Crippen LogP contribution in [-0.4, -0.2) is 43.2 Å². The Hall–Kier alpha value is -1.67. The van der Waals surface area contributed by atoms with Gasteiger partial charge in [-0.2, -0.15) is 4.31 Å². The van der Waals surface area contributed by atoms with Gasteiger partial charge in [0.2, 0.25) is 15.9 Å². The molecule has 0 N–H and O–H groups in total. The summed E-state index contributed by atoms with van der Waals surface area (Å²) in [7, 11) is -4.09. The summed E-state index contributed by atoms with van der Waals surface area (Å²) in [5.74, 6) is -0.928. The highest BCUT2D eigenvalue weighted by Crippen LogP contribution is 2.25. The third-order valence-electron chi connectivity index (χ3n) is 5.12. The molecular formula is C21H23Cl2FN2O3S. The quantitative estimate of drug-likeness (QED) is 0.610. The molecule has 1 heterocycles. The minimum atomic E-state index is -4.09. The van der Waals surface area contributed by atoms with Crippen LogP contribution in [0.5, 0.6) is 0 Å². The van der Waals surface area contributed by atoms with E-state index in [2.05, 4.69) is 0 Å². The van der Waals surface area contributed by atoms with Crippen molar-refractivity contribution in [3.8, 4) is 0 Å². The van der Waals surface area contributed by atoms with Crippen molar-refractivity contribution in [3.05, 3.63) is 63.9 Å². The maximum absolute atomic E-state index is 14.4. The number of nitrogens with zero attached hydrogens (tertiary/aromatic N) is 2. The summed E-state index contributed by atoms with van der Waals surface area (Å²) in [5, 5.41) is 0.492. The molecule has 2 aromatic rings. The molecule has 0 atom stereocenters. The van der Waals surface area contributed by atoms with Gasteiger partial charge in [0.25, 0.3) is 0 Å². The third kappa shape index (κ3) is 5.52. The van der Waals surface area contributed by atoms with Gasteiger partial charge in [-0.3, -0.25) is 4.79 Å². The maximum Gasteiger partial charge on any atom is 0.243 e. The number of hydrogen-bond donors (Lipinski definition) is 0. The summed E-state index contributed by atoms with van der Waals surface area (Å²) in [6.45, 7) is 0.438. The fourth-order valence-corrected chi connectivity index (χ4v) is 5.12. The highest BCUT2D eigenvalue weighted by Gasteiger charge is 2.30. The Balaban J connectivity index is 1.93. The maximum atomic E-state index is 14.4. The summed E-state index contributed by atoms with van der Waals surface area (Å²) in [4.78, 5) is 14.6. The molecule has 0 radical (unpaired) electrons. The van der Waals surface area contributed by atoms with E-state index in [-0.39, 0.29) is 27.9 Å². The van der Waals surface area contributed by atoms with Gasteiger partial charge in [-0.15, -0.1) is 0 Å². The molecule has 3 rings (SSSR count). The Morgan fingerprint density at radius 2 is 1.63 bits per heavy atom. The minimum Gasteiger partial charge on any atom is -0.342 e. The van der Waals surface area contributed by atoms with E-state index in [1.807, 2.05) is 0 Å². The van der Waals surface area contributed by atoms with E-state index >= 15 is 0 Å². The van der Waals surface area contributed by atoms with Gasteiger partial charge in [-0.25, -0.2) is 12.8 Å². The second-order valence-corrected chi connectivity index (χ2v) is 10.0. The molecule has 9 heteroatoms. The number of carbonyl (C=O) groups excluding carboxylic acids is 1. The fourth-order valence-electron chi connectivity index (χ4n) is 3.41. The first-order valence-corrected chi connectivity index (χ1v) is 11.9. The number of carbonyl (C=O) groups is 1. The van der Waals surface area contributed by atoms with Crippen LogP contribution in [0.1, 0.15) is 31.2 Å². The molecule has 0 aromatic heterocycles. The number of rotatable bonds is 6. The number of halogens is 3. The molecule has 162 valence electrons. The zero-order valence-electron chi connectivity index (χ0n) is 16.4. The fraction of sp³-hybridized carbons (Fsp3) is 0.381. The van der Waals surface area contributed by atoms with Crippen LogP contribution in [0.15, 0.2) is 47.4 Å². The first kappa shape index (κ1) is 23.0. The molecule has 0 saturated carbocycles. The lowest BCUT2D eigenvalue weighted by molar-refractivity contribution is -0.131. The van der Waals surface area contributed by atoms with Crippen molar-refractivity contribution in [2.75, 3.05) is 19.6 Å². The molecule has 1 amide bonds. The summed E-state index contributed by atoms with van der Waals surface area (Å²) >= 11 is 12.0. The SMILES string of the molecule is O=C(CN(Cc1c(F)cccc1Cl)S(=O)(=O)c1ccc(Cl)cc1)N1CCCCCC1. The van der Waals surface area contributed by atoms with Crippen molar-refractivity contribution in [1.82, 2.24) is 9.21 Å². The predicted octanol–water partition coefficient (Wildman–Crippen LogP) is 4.73. The highest BCUT2D eigenvalue weighted by molar-refractivity contribution is 7.89. The highest BCUT2D eigenvalue weighted by atomic mass is 35.5. The summed E-state index contributed by atoms with van der Waals surface area (Å²) in [6, 6.07) is 9.79. The van der Waals surface area contributed by atoms with Crippen LogP contribution >= 0.6 is 23.2 Å². The first-order chi connectivity index (χ1) is 14.3. The van der Waals surface area contributed by atoms with E-state index in [1.54, 1.807) is 4.90 Å². The topological polar surface area (TPSA) is 57.7 Å². The largest absolute Gasteiger partial charge is 0.342 e. The Labute approximate surface area is 186 Å². The molecule has 5 nitrogen and oxygen atoms in total. The molecule has 1 aliphatic heterocycles. The van der Waals surface area contributed by atoms with Gasteiger partial charge in [0, 0.05) is 35.2 Å². The second kappa shape index (κ2) is 10.1. The third-order valence-corrected chi connectivity index (χ3v) is 7.53. The predicted molar refractivity (Wildman–Crippen MR) is 116 cm³/mol. The van der Waals surface area contributed by atoms with Gasteiger partial charge in [0.1, 0.15) is 5.82 Å². The molecule has 0 bridgehead atoms. The summed E-state index contributed by atoms with van der Waals surface area (Å²) < 4.78 is 42.0. The normalized spacial score (nSPS) is 15.3. The van der Waals surface area contributed by atoms with Crippen molar-refractivity contribution < 1.29 is 17.6 Å². The number of benzene rings is 2. The zero-order valence-corrected chi connectivity index (χ0v) is 18.7. The Bertz CT molecular complexity index is 972. The van der Waals surface area contributed by atoms with Crippen molar-refractivity contribution in [1.29, 1.82) is 0 Å². The van der Waals surface area contributed by atoms with Crippen molar-refractivity contribution >= 4 is 39.1 Å². The van der Waals surface area contributed by atoms with E-state index in [0.29, 0.717) is 18.1 Å². The van der Waals surface area contributed by atoms with Gasteiger partial charge >= 0.3 is 0 Å². The van der Waals surface area contributed by atoms with E-state index < -0.39 is 22.4 Å². The van der Waals surface area contributed by atoms with Crippen LogP contribution in [-0.2, 0) is 21.4 Å². The van der Waals surface area contributed by atoms with Crippen LogP contribution < -0.4 is 0 Å². The number of sulfonamides is 1. The molecule has 2 aromatic carbocycles. The molecular weight excluding hydrogens is 450 g/mol. The van der Waals surface area contributed by atoms with E-state index in [4.69, 9.17) is 23.2 Å². The van der Waals surface area contributed by atoms with Crippen LogP contribution in [0, 0.1) is 5.82 Å². The van der Waals surface area contributed by atoms with Crippen LogP contribution in [0.3, 0.4) is 0 Å². The van der Waals surface area contributed by atoms with E-state index in [1.165, 1.54) is 42.5 Å². The average Bonchev–Trinajstić information content (AvgIpc) is 3.00. The van der Waals surface area contributed by atoms with Crippen molar-refractivity contribution in [2.24, 2.45) is 0 Å². The number of hydrogen-bond acceptors (Lipinski definition) is 3. The van der Waals surface area contributed by atoms with E-state index in [0.717, 1.165) is 30.0 Å². The molecule has 1 saturated heterocycles. The number of amides is 1. The smallest absolute Gasteiger partial charge is 0.243 e. The van der Waals surface area contributed by atoms with Crippen LogP contribution in [0.4, 0.5) is 4.39 Å². The summed E-state index contributed by atoms with van der Waals surface area (Å²) in [5.41, 5.74) is 0.0281. The lowest BCUT2D eigenvalue weighted by Gasteiger charge is -2.27. The van der Waals surface area contributed by atoms with Gasteiger partial charge in [-0.05, 0) is 49.2 Å². The monoisotopic (exact) mass is 472 g/mol. The standard InChI is InChI=1S/C21H23Cl2FN2O3S/c22-16-8-10-17(11-9-16)30(28,29)26(14-18-19(23)6-5-7-20(18)24)15-21(27)25-12-3-1-2-4-13-25/h5-11H,1-4,12-15H2. The zero-order chi connectivity index (χ0) is 21.7. The minimum absolute atomic E-state index is 0.0250. The molecule has 0 unspecified atom stereocenters. The number of likely N-dealkylation sites (tertiary alicyclic amines) is 1. The lowest BCUT2D eigenvalue weighted by Crippen LogP contribution is -2.43. The molecule has 0 spiro atoms.